The molecule has 0 unspecified atom stereocenters. The van der Waals surface area contributed by atoms with E-state index < -0.39 is 17.6 Å². The largest absolute Gasteiger partial charge is 0.478 e. The van der Waals surface area contributed by atoms with E-state index in [1.165, 1.54) is 18.2 Å². The molecule has 0 saturated carbocycles. The number of carbonyl (C=O) groups is 2. The lowest BCUT2D eigenvalue weighted by Crippen LogP contribution is -2.21. The van der Waals surface area contributed by atoms with Gasteiger partial charge in [0.05, 0.1) is 17.2 Å². The summed E-state index contributed by atoms with van der Waals surface area (Å²) in [5.41, 5.74) is 1.89. The average molecular weight is 554 g/mol. The minimum atomic E-state index is -1.22. The van der Waals surface area contributed by atoms with Crippen molar-refractivity contribution in [2.45, 2.75) is 13.8 Å². The van der Waals surface area contributed by atoms with E-state index in [0.717, 1.165) is 24.1 Å². The standard InChI is InChI=1S/C32H28N2O7/c1-5-34(6-2)21-9-7-18-13-26(32(39)41-27(18)16-21)29-17-25(22-12-10-20(33(3)4)15-28(22)40-29)24-14-19(30(35)36)8-11-23(24)31(37)38/h7-17H,5-6H2,1-4H3,(H-,35,36,37,38)/p+1. The van der Waals surface area contributed by atoms with Gasteiger partial charge >= 0.3 is 17.6 Å². The second-order valence-corrected chi connectivity index (χ2v) is 9.81. The van der Waals surface area contributed by atoms with Gasteiger partial charge in [-0.25, -0.2) is 19.0 Å². The third kappa shape index (κ3) is 5.09. The molecule has 208 valence electrons. The molecule has 3 aromatic rings. The summed E-state index contributed by atoms with van der Waals surface area (Å²) in [7, 11) is 3.74. The lowest BCUT2D eigenvalue weighted by Gasteiger charge is -2.21. The molecule has 2 aliphatic rings. The van der Waals surface area contributed by atoms with Crippen LogP contribution in [0.1, 0.15) is 34.6 Å². The first-order valence-electron chi connectivity index (χ1n) is 13.1. The van der Waals surface area contributed by atoms with Gasteiger partial charge in [-0.3, -0.25) is 0 Å². The van der Waals surface area contributed by atoms with Gasteiger partial charge in [-0.15, -0.1) is 0 Å². The molecule has 0 spiro atoms. The predicted molar refractivity (Wildman–Crippen MR) is 157 cm³/mol. The summed E-state index contributed by atoms with van der Waals surface area (Å²) in [4.78, 5) is 39.4. The van der Waals surface area contributed by atoms with Crippen molar-refractivity contribution in [2.75, 3.05) is 32.1 Å². The second-order valence-electron chi connectivity index (χ2n) is 9.81. The van der Waals surface area contributed by atoms with E-state index in [9.17, 15) is 24.6 Å². The van der Waals surface area contributed by atoms with Crippen molar-refractivity contribution in [3.8, 4) is 33.8 Å². The fourth-order valence-electron chi connectivity index (χ4n) is 4.95. The highest BCUT2D eigenvalue weighted by Crippen LogP contribution is 2.39. The molecule has 41 heavy (non-hydrogen) atoms. The summed E-state index contributed by atoms with van der Waals surface area (Å²) in [6.07, 6.45) is 0. The SMILES string of the molecule is CCN(CC)c1ccc2cc(-c3cc(-c4cc(C(=O)O)ccc4C(=O)O)c4ccc(=[N+](C)C)cc-4o3)c(=O)oc2c1. The zero-order valence-corrected chi connectivity index (χ0v) is 23.1. The summed E-state index contributed by atoms with van der Waals surface area (Å²) in [6, 6.07) is 18.2. The average Bonchev–Trinajstić information content (AvgIpc) is 2.96. The zero-order chi connectivity index (χ0) is 29.4. The number of nitrogens with zero attached hydrogens (tertiary/aromatic N) is 2. The maximum atomic E-state index is 13.3. The van der Waals surface area contributed by atoms with Crippen LogP contribution in [-0.4, -0.2) is 49.3 Å². The Bertz CT molecular complexity index is 1930. The van der Waals surface area contributed by atoms with E-state index in [0.29, 0.717) is 27.9 Å². The van der Waals surface area contributed by atoms with Crippen molar-refractivity contribution < 1.29 is 28.6 Å². The molecule has 2 N–H and O–H groups in total. The lowest BCUT2D eigenvalue weighted by molar-refractivity contribution is 0.0682. The fourth-order valence-corrected chi connectivity index (χ4v) is 4.95. The zero-order valence-electron chi connectivity index (χ0n) is 23.1. The van der Waals surface area contributed by atoms with Crippen molar-refractivity contribution >= 4 is 28.6 Å². The third-order valence-electron chi connectivity index (χ3n) is 7.17. The van der Waals surface area contributed by atoms with Crippen LogP contribution in [0.3, 0.4) is 0 Å². The Morgan fingerprint density at radius 3 is 2.15 bits per heavy atom. The van der Waals surface area contributed by atoms with Crippen LogP contribution in [0.15, 0.2) is 80.4 Å². The number of anilines is 1. The van der Waals surface area contributed by atoms with Gasteiger partial charge in [0.15, 0.2) is 0 Å². The molecular formula is C32H29N2O7+. The van der Waals surface area contributed by atoms with E-state index >= 15 is 0 Å². The fraction of sp³-hybridized carbons (Fsp3) is 0.188. The number of hydrogen-bond donors (Lipinski definition) is 2. The molecule has 2 aromatic carbocycles. The molecule has 1 aliphatic carbocycles. The normalized spacial score (nSPS) is 11.1. The number of fused-ring (bicyclic) bond motifs is 2. The Morgan fingerprint density at radius 2 is 1.49 bits per heavy atom. The van der Waals surface area contributed by atoms with Crippen LogP contribution in [0.5, 0.6) is 0 Å². The molecule has 0 saturated heterocycles. The molecule has 0 bridgehead atoms. The lowest BCUT2D eigenvalue weighted by atomic mass is 9.91. The Hall–Kier alpha value is -5.18. The Balaban J connectivity index is 1.81. The minimum Gasteiger partial charge on any atom is -0.478 e. The molecule has 5 rings (SSSR count). The van der Waals surface area contributed by atoms with Crippen LogP contribution in [-0.2, 0) is 0 Å². The van der Waals surface area contributed by atoms with E-state index in [4.69, 9.17) is 8.83 Å². The van der Waals surface area contributed by atoms with Crippen LogP contribution < -0.4 is 20.5 Å². The van der Waals surface area contributed by atoms with Gasteiger partial charge in [-0.05, 0) is 73.5 Å². The van der Waals surface area contributed by atoms with Gasteiger partial charge in [0.25, 0.3) is 0 Å². The molecule has 9 heteroatoms. The van der Waals surface area contributed by atoms with Crippen LogP contribution in [0.25, 0.3) is 44.7 Å². The van der Waals surface area contributed by atoms with E-state index in [-0.39, 0.29) is 28.0 Å². The van der Waals surface area contributed by atoms with Gasteiger partial charge in [0.1, 0.15) is 36.8 Å². The van der Waals surface area contributed by atoms with Crippen LogP contribution in [0.4, 0.5) is 5.69 Å². The summed E-state index contributed by atoms with van der Waals surface area (Å²) in [6.45, 7) is 5.71. The number of benzene rings is 3. The van der Waals surface area contributed by atoms with Crippen molar-refractivity contribution in [3.63, 3.8) is 0 Å². The van der Waals surface area contributed by atoms with E-state index in [1.807, 2.05) is 42.9 Å². The summed E-state index contributed by atoms with van der Waals surface area (Å²) in [5.74, 6) is -1.87. The predicted octanol–water partition coefficient (Wildman–Crippen LogP) is 5.10. The molecule has 0 amide bonds. The van der Waals surface area contributed by atoms with Crippen LogP contribution in [0, 0.1) is 0 Å². The summed E-state index contributed by atoms with van der Waals surface area (Å²) >= 11 is 0. The van der Waals surface area contributed by atoms with Gasteiger partial charge < -0.3 is 23.9 Å². The van der Waals surface area contributed by atoms with Crippen molar-refractivity contribution in [2.24, 2.45) is 0 Å². The van der Waals surface area contributed by atoms with Crippen molar-refractivity contribution in [3.05, 3.63) is 93.6 Å². The first-order valence-corrected chi connectivity index (χ1v) is 13.1. The molecule has 1 aromatic heterocycles. The molecule has 0 atom stereocenters. The van der Waals surface area contributed by atoms with E-state index in [2.05, 4.69) is 18.7 Å². The summed E-state index contributed by atoms with van der Waals surface area (Å²) in [5, 5.41) is 21.1. The van der Waals surface area contributed by atoms with Gasteiger partial charge in [-0.2, -0.15) is 0 Å². The smallest absolute Gasteiger partial charge is 0.347 e. The molecule has 0 radical (unpaired) electrons. The first-order chi connectivity index (χ1) is 19.6. The number of carboxylic acids is 2. The van der Waals surface area contributed by atoms with Crippen LogP contribution in [0.2, 0.25) is 0 Å². The number of hydrogen-bond acceptors (Lipinski definition) is 6. The quantitative estimate of drug-likeness (QED) is 0.211. The third-order valence-corrected chi connectivity index (χ3v) is 7.17. The second kappa shape index (κ2) is 10.8. The minimum absolute atomic E-state index is 0.0698. The van der Waals surface area contributed by atoms with Gasteiger partial charge in [0, 0.05) is 41.9 Å². The highest BCUT2D eigenvalue weighted by Gasteiger charge is 2.23. The number of rotatable bonds is 7. The van der Waals surface area contributed by atoms with Gasteiger partial charge in [-0.1, -0.05) is 0 Å². The highest BCUT2D eigenvalue weighted by atomic mass is 16.4. The van der Waals surface area contributed by atoms with Crippen molar-refractivity contribution in [1.29, 1.82) is 0 Å². The Kier molecular flexibility index (Phi) is 7.19. The molecule has 9 nitrogen and oxygen atoms in total. The number of aromatic carboxylic acids is 2. The van der Waals surface area contributed by atoms with Crippen LogP contribution >= 0.6 is 0 Å². The van der Waals surface area contributed by atoms with E-state index in [1.54, 1.807) is 24.3 Å². The highest BCUT2D eigenvalue weighted by molar-refractivity contribution is 6.02. The number of carboxylic acid groups (broad SMARTS) is 2. The van der Waals surface area contributed by atoms with Gasteiger partial charge in [0.2, 0.25) is 5.36 Å². The monoisotopic (exact) mass is 553 g/mol. The Labute approximate surface area is 235 Å². The molecular weight excluding hydrogens is 524 g/mol. The van der Waals surface area contributed by atoms with Crippen molar-refractivity contribution in [1.82, 2.24) is 4.58 Å². The maximum Gasteiger partial charge on any atom is 0.347 e. The maximum absolute atomic E-state index is 13.3. The Morgan fingerprint density at radius 1 is 0.756 bits per heavy atom. The first kappa shape index (κ1) is 27.4. The topological polar surface area (TPSA) is 124 Å². The molecule has 2 heterocycles. The molecule has 1 aliphatic heterocycles. The summed E-state index contributed by atoms with van der Waals surface area (Å²) < 4.78 is 13.9. The molecule has 0 fully saturated rings.